The third-order valence-corrected chi connectivity index (χ3v) is 3.85. The van der Waals surface area contributed by atoms with Gasteiger partial charge in [0.25, 0.3) is 0 Å². The average molecular weight is 299 g/mol. The second-order valence-corrected chi connectivity index (χ2v) is 5.43. The first-order valence-electron chi connectivity index (χ1n) is 7.09. The third-order valence-electron chi connectivity index (χ3n) is 3.58. The van der Waals surface area contributed by atoms with E-state index in [4.69, 9.17) is 11.6 Å². The van der Waals surface area contributed by atoms with Gasteiger partial charge in [-0.25, -0.2) is 9.97 Å². The Labute approximate surface area is 123 Å². The van der Waals surface area contributed by atoms with Crippen molar-refractivity contribution in [2.24, 2.45) is 0 Å². The van der Waals surface area contributed by atoms with Crippen molar-refractivity contribution in [2.75, 3.05) is 5.32 Å². The van der Waals surface area contributed by atoms with E-state index in [1.54, 1.807) is 0 Å². The lowest BCUT2D eigenvalue weighted by molar-refractivity contribution is -0.384. The molecule has 1 aliphatic carbocycles. The number of rotatable bonds is 4. The van der Waals surface area contributed by atoms with Gasteiger partial charge < -0.3 is 5.32 Å². The van der Waals surface area contributed by atoms with Crippen LogP contribution >= 0.6 is 11.6 Å². The van der Waals surface area contributed by atoms with E-state index in [1.807, 2.05) is 6.92 Å². The highest BCUT2D eigenvalue weighted by molar-refractivity contribution is 6.31. The van der Waals surface area contributed by atoms with Crippen molar-refractivity contribution in [3.05, 3.63) is 21.1 Å². The Hall–Kier alpha value is -1.43. The maximum atomic E-state index is 11.2. The van der Waals surface area contributed by atoms with Crippen molar-refractivity contribution in [3.63, 3.8) is 0 Å². The largest absolute Gasteiger partial charge is 0.361 e. The summed E-state index contributed by atoms with van der Waals surface area (Å²) >= 11 is 5.93. The maximum absolute atomic E-state index is 11.2. The van der Waals surface area contributed by atoms with Gasteiger partial charge in [0.2, 0.25) is 11.0 Å². The molecule has 110 valence electrons. The molecule has 0 aliphatic heterocycles. The standard InChI is InChI=1S/C13H19ClN4O2/c1-2-10-16-12(14)11(18(19)20)13(17-10)15-9-7-5-3-4-6-8-9/h9H,2-8H2,1H3,(H,15,16,17). The molecule has 1 N–H and O–H groups in total. The molecule has 1 aliphatic rings. The van der Waals surface area contributed by atoms with E-state index in [2.05, 4.69) is 15.3 Å². The van der Waals surface area contributed by atoms with Gasteiger partial charge in [-0.1, -0.05) is 44.2 Å². The minimum atomic E-state index is -0.513. The van der Waals surface area contributed by atoms with Gasteiger partial charge in [-0.2, -0.15) is 0 Å². The summed E-state index contributed by atoms with van der Waals surface area (Å²) in [7, 11) is 0. The fraction of sp³-hybridized carbons (Fsp3) is 0.692. The quantitative estimate of drug-likeness (QED) is 0.396. The average Bonchev–Trinajstić information content (AvgIpc) is 2.66. The Kier molecular flexibility index (Phi) is 5.11. The Morgan fingerprint density at radius 1 is 1.30 bits per heavy atom. The number of hydrogen-bond acceptors (Lipinski definition) is 5. The summed E-state index contributed by atoms with van der Waals surface area (Å²) in [5, 5.41) is 14.3. The highest BCUT2D eigenvalue weighted by Gasteiger charge is 2.25. The Bertz CT molecular complexity index is 488. The zero-order chi connectivity index (χ0) is 14.5. The molecule has 20 heavy (non-hydrogen) atoms. The van der Waals surface area contributed by atoms with Gasteiger partial charge in [-0.05, 0) is 12.8 Å². The van der Waals surface area contributed by atoms with E-state index < -0.39 is 4.92 Å². The predicted molar refractivity (Wildman–Crippen MR) is 78.2 cm³/mol. The van der Waals surface area contributed by atoms with Crippen molar-refractivity contribution >= 4 is 23.1 Å². The molecule has 0 spiro atoms. The second-order valence-electron chi connectivity index (χ2n) is 5.07. The molecular formula is C13H19ClN4O2. The lowest BCUT2D eigenvalue weighted by Gasteiger charge is -2.17. The van der Waals surface area contributed by atoms with Crippen LogP contribution in [-0.4, -0.2) is 20.9 Å². The number of nitrogens with zero attached hydrogens (tertiary/aromatic N) is 3. The summed E-state index contributed by atoms with van der Waals surface area (Å²) in [5.74, 6) is 0.787. The van der Waals surface area contributed by atoms with Crippen LogP contribution in [0.4, 0.5) is 11.5 Å². The van der Waals surface area contributed by atoms with E-state index >= 15 is 0 Å². The van der Waals surface area contributed by atoms with Crippen molar-refractivity contribution in [1.29, 1.82) is 0 Å². The number of halogens is 1. The molecule has 0 aromatic carbocycles. The predicted octanol–water partition coefficient (Wildman–Crippen LogP) is 3.74. The third kappa shape index (κ3) is 3.56. The van der Waals surface area contributed by atoms with Crippen molar-refractivity contribution in [3.8, 4) is 0 Å². The molecule has 0 atom stereocenters. The molecule has 1 aromatic rings. The number of aryl methyl sites for hydroxylation is 1. The fourth-order valence-electron chi connectivity index (χ4n) is 2.51. The van der Waals surface area contributed by atoms with E-state index in [1.165, 1.54) is 12.8 Å². The molecule has 0 bridgehead atoms. The first-order valence-corrected chi connectivity index (χ1v) is 7.47. The van der Waals surface area contributed by atoms with Gasteiger partial charge in [-0.15, -0.1) is 0 Å². The molecule has 1 fully saturated rings. The molecule has 1 aromatic heterocycles. The summed E-state index contributed by atoms with van der Waals surface area (Å²) in [6, 6.07) is 0.229. The van der Waals surface area contributed by atoms with Gasteiger partial charge in [0.05, 0.1) is 4.92 Å². The zero-order valence-corrected chi connectivity index (χ0v) is 12.3. The molecule has 7 heteroatoms. The Balaban J connectivity index is 2.27. The zero-order valence-electron chi connectivity index (χ0n) is 11.6. The van der Waals surface area contributed by atoms with Crippen LogP contribution in [0, 0.1) is 10.1 Å². The highest BCUT2D eigenvalue weighted by Crippen LogP contribution is 2.31. The molecule has 0 saturated heterocycles. The number of anilines is 1. The van der Waals surface area contributed by atoms with Gasteiger partial charge in [-0.3, -0.25) is 10.1 Å². The molecule has 0 unspecified atom stereocenters. The highest BCUT2D eigenvalue weighted by atomic mass is 35.5. The summed E-state index contributed by atoms with van der Waals surface area (Å²) in [5.41, 5.74) is -0.215. The molecule has 1 heterocycles. The van der Waals surface area contributed by atoms with Gasteiger partial charge >= 0.3 is 5.69 Å². The fourth-order valence-corrected chi connectivity index (χ4v) is 2.76. The summed E-state index contributed by atoms with van der Waals surface area (Å²) in [6.07, 6.45) is 7.36. The van der Waals surface area contributed by atoms with E-state index in [9.17, 15) is 10.1 Å². The number of nitro groups is 1. The summed E-state index contributed by atoms with van der Waals surface area (Å²) in [4.78, 5) is 18.8. The monoisotopic (exact) mass is 298 g/mol. The lowest BCUT2D eigenvalue weighted by Crippen LogP contribution is -2.20. The molecule has 2 rings (SSSR count). The van der Waals surface area contributed by atoms with Crippen molar-refractivity contribution in [2.45, 2.75) is 57.9 Å². The number of hydrogen-bond donors (Lipinski definition) is 1. The van der Waals surface area contributed by atoms with Crippen LogP contribution < -0.4 is 5.32 Å². The second kappa shape index (κ2) is 6.83. The van der Waals surface area contributed by atoms with Crippen molar-refractivity contribution < 1.29 is 4.92 Å². The van der Waals surface area contributed by atoms with Crippen LogP contribution in [0.1, 0.15) is 51.3 Å². The number of aromatic nitrogens is 2. The molecule has 0 radical (unpaired) electrons. The molecule has 6 nitrogen and oxygen atoms in total. The Morgan fingerprint density at radius 3 is 2.50 bits per heavy atom. The minimum absolute atomic E-state index is 0.0852. The van der Waals surface area contributed by atoms with E-state index in [0.29, 0.717) is 12.2 Å². The maximum Gasteiger partial charge on any atom is 0.348 e. The summed E-state index contributed by atoms with van der Waals surface area (Å²) < 4.78 is 0. The molecule has 0 amide bonds. The van der Waals surface area contributed by atoms with Crippen LogP contribution in [0.5, 0.6) is 0 Å². The van der Waals surface area contributed by atoms with Crippen molar-refractivity contribution in [1.82, 2.24) is 9.97 Å². The smallest absolute Gasteiger partial charge is 0.348 e. The molecule has 1 saturated carbocycles. The van der Waals surface area contributed by atoms with Crippen LogP contribution in [-0.2, 0) is 6.42 Å². The lowest BCUT2D eigenvalue weighted by atomic mass is 10.1. The SMILES string of the molecule is CCc1nc(Cl)c([N+](=O)[O-])c(NC2CCCCCC2)n1. The van der Waals surface area contributed by atoms with Crippen LogP contribution in [0.2, 0.25) is 5.15 Å². The summed E-state index contributed by atoms with van der Waals surface area (Å²) in [6.45, 7) is 1.90. The topological polar surface area (TPSA) is 81.0 Å². The van der Waals surface area contributed by atoms with Crippen LogP contribution in [0.3, 0.4) is 0 Å². The first-order chi connectivity index (χ1) is 9.61. The van der Waals surface area contributed by atoms with Crippen LogP contribution in [0.25, 0.3) is 0 Å². The van der Waals surface area contributed by atoms with E-state index in [-0.39, 0.29) is 22.7 Å². The Morgan fingerprint density at radius 2 is 1.95 bits per heavy atom. The first kappa shape index (κ1) is 15.0. The minimum Gasteiger partial charge on any atom is -0.361 e. The normalized spacial score (nSPS) is 16.7. The number of nitrogens with one attached hydrogen (secondary N) is 1. The van der Waals surface area contributed by atoms with Gasteiger partial charge in [0.15, 0.2) is 0 Å². The van der Waals surface area contributed by atoms with E-state index in [0.717, 1.165) is 25.7 Å². The van der Waals surface area contributed by atoms with Gasteiger partial charge in [0, 0.05) is 12.5 Å². The van der Waals surface area contributed by atoms with Crippen LogP contribution in [0.15, 0.2) is 0 Å². The van der Waals surface area contributed by atoms with Gasteiger partial charge in [0.1, 0.15) is 5.82 Å². The molecular weight excluding hydrogens is 280 g/mol.